The van der Waals surface area contributed by atoms with E-state index in [9.17, 15) is 9.59 Å². The zero-order chi connectivity index (χ0) is 21.6. The number of carbonyl (C=O) groups is 1. The van der Waals surface area contributed by atoms with E-state index in [1.807, 2.05) is 43.3 Å². The van der Waals surface area contributed by atoms with Crippen LogP contribution in [0.5, 0.6) is 0 Å². The van der Waals surface area contributed by atoms with E-state index in [0.717, 1.165) is 37.9 Å². The Kier molecular flexibility index (Phi) is 6.40. The lowest BCUT2D eigenvalue weighted by molar-refractivity contribution is 0.0928. The summed E-state index contributed by atoms with van der Waals surface area (Å²) in [6, 6.07) is 13.7. The summed E-state index contributed by atoms with van der Waals surface area (Å²) in [6.45, 7) is 3.89. The van der Waals surface area contributed by atoms with Crippen LogP contribution in [-0.2, 0) is 13.0 Å². The van der Waals surface area contributed by atoms with Crippen LogP contribution in [0.25, 0.3) is 0 Å². The molecule has 0 radical (unpaired) electrons. The van der Waals surface area contributed by atoms with E-state index < -0.39 is 0 Å². The normalized spacial score (nSPS) is 14.4. The minimum absolute atomic E-state index is 0.0317. The van der Waals surface area contributed by atoms with Crippen molar-refractivity contribution in [1.29, 1.82) is 0 Å². The molecule has 1 aromatic carbocycles. The molecule has 1 saturated heterocycles. The van der Waals surface area contributed by atoms with Gasteiger partial charge >= 0.3 is 0 Å². The fraction of sp³-hybridized carbons (Fsp3) is 0.333. The summed E-state index contributed by atoms with van der Waals surface area (Å²) in [5.74, 6) is 0.429. The lowest BCUT2D eigenvalue weighted by Gasteiger charge is -2.32. The van der Waals surface area contributed by atoms with E-state index in [2.05, 4.69) is 20.2 Å². The number of hydrogen-bond acceptors (Lipinski definition) is 5. The van der Waals surface area contributed by atoms with Crippen molar-refractivity contribution in [2.75, 3.05) is 18.0 Å². The molecule has 0 spiro atoms. The Labute approximate surface area is 181 Å². The number of anilines is 1. The van der Waals surface area contributed by atoms with E-state index in [1.165, 1.54) is 0 Å². The summed E-state index contributed by atoms with van der Waals surface area (Å²) < 4.78 is 1.63. The van der Waals surface area contributed by atoms with Crippen molar-refractivity contribution in [3.05, 3.63) is 88.1 Å². The molecule has 0 bridgehead atoms. The van der Waals surface area contributed by atoms with Crippen LogP contribution in [-0.4, -0.2) is 39.6 Å². The van der Waals surface area contributed by atoms with Gasteiger partial charge in [-0.3, -0.25) is 9.59 Å². The molecule has 0 atom stereocenters. The van der Waals surface area contributed by atoms with Crippen LogP contribution < -0.4 is 15.8 Å². The number of nitrogens with one attached hydrogen (secondary N) is 1. The first-order chi connectivity index (χ1) is 15.1. The maximum absolute atomic E-state index is 13.0. The van der Waals surface area contributed by atoms with Crippen molar-refractivity contribution < 1.29 is 4.79 Å². The zero-order valence-corrected chi connectivity index (χ0v) is 17.7. The number of piperidine rings is 1. The van der Waals surface area contributed by atoms with Crippen molar-refractivity contribution in [3.63, 3.8) is 0 Å². The smallest absolute Gasteiger partial charge is 0.263 e. The number of pyridine rings is 1. The minimum atomic E-state index is -0.286. The summed E-state index contributed by atoms with van der Waals surface area (Å²) in [5, 5.41) is 3.07. The number of aromatic nitrogens is 3. The van der Waals surface area contributed by atoms with Crippen LogP contribution in [0, 0.1) is 6.92 Å². The molecule has 1 aliphatic heterocycles. The molecular weight excluding hydrogens is 390 g/mol. The Hall–Kier alpha value is -3.48. The summed E-state index contributed by atoms with van der Waals surface area (Å²) in [4.78, 5) is 36.7. The first kappa shape index (κ1) is 20.8. The predicted molar refractivity (Wildman–Crippen MR) is 120 cm³/mol. The summed E-state index contributed by atoms with van der Waals surface area (Å²) in [6.07, 6.45) is 7.56. The molecule has 2 aromatic heterocycles. The molecule has 31 heavy (non-hydrogen) atoms. The van der Waals surface area contributed by atoms with Crippen molar-refractivity contribution in [3.8, 4) is 0 Å². The second kappa shape index (κ2) is 9.55. The maximum Gasteiger partial charge on any atom is 0.263 e. The van der Waals surface area contributed by atoms with Gasteiger partial charge in [-0.1, -0.05) is 30.3 Å². The maximum atomic E-state index is 13.0. The highest BCUT2D eigenvalue weighted by Gasteiger charge is 2.24. The quantitative estimate of drug-likeness (QED) is 0.667. The van der Waals surface area contributed by atoms with Crippen LogP contribution in [0.4, 0.5) is 5.95 Å². The average molecular weight is 418 g/mol. The van der Waals surface area contributed by atoms with Crippen LogP contribution in [0.15, 0.2) is 65.8 Å². The van der Waals surface area contributed by atoms with Gasteiger partial charge in [-0.25, -0.2) is 9.97 Å². The molecule has 1 fully saturated rings. The molecular formula is C24H27N5O2. The third kappa shape index (κ3) is 4.99. The van der Waals surface area contributed by atoms with Crippen LogP contribution in [0.2, 0.25) is 0 Å². The third-order valence-corrected chi connectivity index (χ3v) is 5.75. The van der Waals surface area contributed by atoms with E-state index in [4.69, 9.17) is 0 Å². The molecule has 4 rings (SSSR count). The summed E-state index contributed by atoms with van der Waals surface area (Å²) in [7, 11) is 0. The molecule has 7 nitrogen and oxygen atoms in total. The van der Waals surface area contributed by atoms with Crippen LogP contribution >= 0.6 is 0 Å². The lowest BCUT2D eigenvalue weighted by atomic mass is 10.0. The number of amides is 1. The zero-order valence-electron chi connectivity index (χ0n) is 17.7. The topological polar surface area (TPSA) is 80.1 Å². The number of nitrogens with zero attached hydrogens (tertiary/aromatic N) is 4. The molecule has 0 saturated carbocycles. The van der Waals surface area contributed by atoms with E-state index in [1.54, 1.807) is 29.2 Å². The van der Waals surface area contributed by atoms with Gasteiger partial charge in [-0.15, -0.1) is 0 Å². The van der Waals surface area contributed by atoms with Crippen LogP contribution in [0.1, 0.15) is 34.3 Å². The van der Waals surface area contributed by atoms with E-state index in [-0.39, 0.29) is 23.1 Å². The van der Waals surface area contributed by atoms with Gasteiger partial charge < -0.3 is 14.8 Å². The first-order valence-corrected chi connectivity index (χ1v) is 10.7. The largest absolute Gasteiger partial charge is 0.349 e. The van der Waals surface area contributed by atoms with Gasteiger partial charge in [0, 0.05) is 44.3 Å². The molecule has 0 unspecified atom stereocenters. The molecule has 0 aliphatic carbocycles. The number of benzene rings is 1. The molecule has 1 aliphatic rings. The van der Waals surface area contributed by atoms with Gasteiger partial charge in [-0.2, -0.15) is 0 Å². The van der Waals surface area contributed by atoms with Gasteiger partial charge in [0.05, 0.1) is 0 Å². The number of aryl methyl sites for hydroxylation is 3. The molecule has 3 heterocycles. The Bertz CT molecular complexity index is 1070. The molecule has 1 N–H and O–H groups in total. The Morgan fingerprint density at radius 3 is 2.48 bits per heavy atom. The Balaban J connectivity index is 1.40. The summed E-state index contributed by atoms with van der Waals surface area (Å²) in [5.41, 5.74) is 1.87. The van der Waals surface area contributed by atoms with Gasteiger partial charge in [0.1, 0.15) is 5.56 Å². The highest BCUT2D eigenvalue weighted by Crippen LogP contribution is 2.16. The number of carbonyl (C=O) groups excluding carboxylic acids is 1. The number of rotatable bonds is 6. The average Bonchev–Trinajstić information content (AvgIpc) is 2.80. The van der Waals surface area contributed by atoms with Crippen molar-refractivity contribution in [2.45, 2.75) is 38.8 Å². The van der Waals surface area contributed by atoms with Crippen molar-refractivity contribution in [1.82, 2.24) is 19.9 Å². The van der Waals surface area contributed by atoms with Gasteiger partial charge in [0.2, 0.25) is 5.95 Å². The van der Waals surface area contributed by atoms with E-state index >= 15 is 0 Å². The molecule has 3 aromatic rings. The number of hydrogen-bond donors (Lipinski definition) is 1. The minimum Gasteiger partial charge on any atom is -0.349 e. The van der Waals surface area contributed by atoms with Crippen LogP contribution in [0.3, 0.4) is 0 Å². The second-order valence-corrected chi connectivity index (χ2v) is 7.89. The van der Waals surface area contributed by atoms with Crippen molar-refractivity contribution >= 4 is 11.9 Å². The Morgan fingerprint density at radius 1 is 1.06 bits per heavy atom. The first-order valence-electron chi connectivity index (χ1n) is 10.7. The fourth-order valence-corrected chi connectivity index (χ4v) is 3.95. The fourth-order valence-electron chi connectivity index (χ4n) is 3.95. The highest BCUT2D eigenvalue weighted by atomic mass is 16.2. The highest BCUT2D eigenvalue weighted by molar-refractivity contribution is 5.95. The molecule has 160 valence electrons. The predicted octanol–water partition coefficient (Wildman–Crippen LogP) is 2.59. The SMILES string of the molecule is Cc1ccn(CCc2ccccc2)c(=O)c1C(=O)NC1CCN(c2ncccn2)CC1. The van der Waals surface area contributed by atoms with Gasteiger partial charge in [0.15, 0.2) is 0 Å². The van der Waals surface area contributed by atoms with E-state index in [0.29, 0.717) is 18.1 Å². The Morgan fingerprint density at radius 2 is 1.77 bits per heavy atom. The monoisotopic (exact) mass is 417 g/mol. The van der Waals surface area contributed by atoms with Gasteiger partial charge in [0.25, 0.3) is 11.5 Å². The summed E-state index contributed by atoms with van der Waals surface area (Å²) >= 11 is 0. The van der Waals surface area contributed by atoms with Gasteiger partial charge in [-0.05, 0) is 49.4 Å². The molecule has 1 amide bonds. The second-order valence-electron chi connectivity index (χ2n) is 7.89. The lowest BCUT2D eigenvalue weighted by Crippen LogP contribution is -2.46. The molecule has 7 heteroatoms. The third-order valence-electron chi connectivity index (χ3n) is 5.75. The van der Waals surface area contributed by atoms with Crippen molar-refractivity contribution in [2.24, 2.45) is 0 Å². The standard InChI is InChI=1S/C24H27N5O2/c1-18-8-14-28(15-9-19-6-3-2-4-7-19)23(31)21(18)22(30)27-20-10-16-29(17-11-20)24-25-12-5-13-26-24/h2-8,12-14,20H,9-11,15-17H2,1H3,(H,27,30).